The molecular weight excluding hydrogens is 290 g/mol. The van der Waals surface area contributed by atoms with Crippen molar-refractivity contribution >= 4 is 5.69 Å². The number of hydrogen-bond acceptors (Lipinski definition) is 5. The van der Waals surface area contributed by atoms with Gasteiger partial charge in [0.05, 0.1) is 18.8 Å². The van der Waals surface area contributed by atoms with Gasteiger partial charge in [0.15, 0.2) is 0 Å². The van der Waals surface area contributed by atoms with E-state index in [9.17, 15) is 0 Å². The van der Waals surface area contributed by atoms with Gasteiger partial charge >= 0.3 is 0 Å². The zero-order valence-corrected chi connectivity index (χ0v) is 13.9. The predicted molar refractivity (Wildman–Crippen MR) is 89.9 cm³/mol. The molecule has 0 aromatic carbocycles. The van der Waals surface area contributed by atoms with Crippen LogP contribution in [0.5, 0.6) is 0 Å². The lowest BCUT2D eigenvalue weighted by atomic mass is 10.1. The smallest absolute Gasteiger partial charge is 0.122 e. The molecule has 1 saturated heterocycles. The maximum absolute atomic E-state index is 5.94. The molecule has 1 aliphatic heterocycles. The van der Waals surface area contributed by atoms with Crippen LogP contribution in [0.2, 0.25) is 0 Å². The lowest BCUT2D eigenvalue weighted by Gasteiger charge is -2.32. The number of imidazole rings is 1. The number of rotatable bonds is 5. The van der Waals surface area contributed by atoms with E-state index in [0.717, 1.165) is 55.5 Å². The molecule has 3 heterocycles. The van der Waals surface area contributed by atoms with Gasteiger partial charge in [-0.25, -0.2) is 4.98 Å². The first kappa shape index (κ1) is 16.0. The SMILES string of the molecule is CCCn1ccnc1CN1CCO[C@H](c2cc(N)cc(C)n2)C1. The number of nitrogen functional groups attached to an aromatic ring is 1. The second-order valence-electron chi connectivity index (χ2n) is 6.10. The predicted octanol–water partition coefficient (Wildman–Crippen LogP) is 2.15. The van der Waals surface area contributed by atoms with Crippen molar-refractivity contribution in [1.29, 1.82) is 0 Å². The van der Waals surface area contributed by atoms with Crippen LogP contribution in [0.3, 0.4) is 0 Å². The average molecular weight is 315 g/mol. The van der Waals surface area contributed by atoms with E-state index in [4.69, 9.17) is 10.5 Å². The van der Waals surface area contributed by atoms with Gasteiger partial charge < -0.3 is 15.0 Å². The molecule has 6 heteroatoms. The normalized spacial score (nSPS) is 19.1. The zero-order valence-electron chi connectivity index (χ0n) is 13.9. The zero-order chi connectivity index (χ0) is 16.2. The highest BCUT2D eigenvalue weighted by molar-refractivity contribution is 5.40. The van der Waals surface area contributed by atoms with Gasteiger partial charge in [0.2, 0.25) is 0 Å². The van der Waals surface area contributed by atoms with Gasteiger partial charge in [0, 0.05) is 43.4 Å². The quantitative estimate of drug-likeness (QED) is 0.915. The summed E-state index contributed by atoms with van der Waals surface area (Å²) in [4.78, 5) is 11.5. The molecule has 0 spiro atoms. The summed E-state index contributed by atoms with van der Waals surface area (Å²) < 4.78 is 8.14. The monoisotopic (exact) mass is 315 g/mol. The number of nitrogens with two attached hydrogens (primary N) is 1. The van der Waals surface area contributed by atoms with Crippen LogP contribution in [0.4, 0.5) is 5.69 Å². The van der Waals surface area contributed by atoms with Crippen LogP contribution in [0.15, 0.2) is 24.5 Å². The van der Waals surface area contributed by atoms with Gasteiger partial charge in [0.25, 0.3) is 0 Å². The van der Waals surface area contributed by atoms with E-state index < -0.39 is 0 Å². The van der Waals surface area contributed by atoms with Crippen molar-refractivity contribution in [2.24, 2.45) is 0 Å². The van der Waals surface area contributed by atoms with Crippen molar-refractivity contribution in [2.45, 2.75) is 39.5 Å². The Kier molecular flexibility index (Phi) is 4.93. The van der Waals surface area contributed by atoms with Crippen molar-refractivity contribution < 1.29 is 4.74 Å². The molecular formula is C17H25N5O. The first-order valence-corrected chi connectivity index (χ1v) is 8.23. The summed E-state index contributed by atoms with van der Waals surface area (Å²) in [6, 6.07) is 3.80. The number of pyridine rings is 1. The van der Waals surface area contributed by atoms with Crippen LogP contribution in [0, 0.1) is 6.92 Å². The molecule has 124 valence electrons. The van der Waals surface area contributed by atoms with E-state index in [2.05, 4.69) is 32.6 Å². The number of aryl methyl sites for hydroxylation is 2. The highest BCUT2D eigenvalue weighted by Gasteiger charge is 2.24. The fourth-order valence-corrected chi connectivity index (χ4v) is 3.05. The summed E-state index contributed by atoms with van der Waals surface area (Å²) in [6.45, 7) is 8.43. The van der Waals surface area contributed by atoms with E-state index in [1.807, 2.05) is 25.3 Å². The average Bonchev–Trinajstić information content (AvgIpc) is 2.94. The summed E-state index contributed by atoms with van der Waals surface area (Å²) >= 11 is 0. The number of aromatic nitrogens is 3. The van der Waals surface area contributed by atoms with Crippen molar-refractivity contribution in [3.8, 4) is 0 Å². The number of nitrogens with zero attached hydrogens (tertiary/aromatic N) is 4. The van der Waals surface area contributed by atoms with Crippen molar-refractivity contribution in [2.75, 3.05) is 25.4 Å². The second kappa shape index (κ2) is 7.10. The molecule has 0 unspecified atom stereocenters. The van der Waals surface area contributed by atoms with E-state index in [-0.39, 0.29) is 6.10 Å². The van der Waals surface area contributed by atoms with Gasteiger partial charge in [-0.3, -0.25) is 9.88 Å². The topological polar surface area (TPSA) is 69.2 Å². The van der Waals surface area contributed by atoms with E-state index in [1.54, 1.807) is 0 Å². The van der Waals surface area contributed by atoms with Crippen LogP contribution in [0.1, 0.15) is 36.7 Å². The van der Waals surface area contributed by atoms with Gasteiger partial charge in [-0.15, -0.1) is 0 Å². The number of hydrogen-bond donors (Lipinski definition) is 1. The standard InChI is InChI=1S/C17H25N5O/c1-3-5-22-6-4-19-17(22)12-21-7-8-23-16(11-21)15-10-14(18)9-13(2)20-15/h4,6,9-10,16H,3,5,7-8,11-12H2,1-2H3,(H2,18,20)/t16-/m0/s1. The molecule has 0 aliphatic carbocycles. The molecule has 6 nitrogen and oxygen atoms in total. The van der Waals surface area contributed by atoms with Gasteiger partial charge in [-0.05, 0) is 25.5 Å². The summed E-state index contributed by atoms with van der Waals surface area (Å²) in [5.74, 6) is 1.12. The number of ether oxygens (including phenoxy) is 1. The van der Waals surface area contributed by atoms with Crippen LogP contribution >= 0.6 is 0 Å². The molecule has 0 bridgehead atoms. The first-order valence-electron chi connectivity index (χ1n) is 8.23. The molecule has 0 amide bonds. The minimum atomic E-state index is -0.0273. The Hall–Kier alpha value is -1.92. The molecule has 3 rings (SSSR count). The van der Waals surface area contributed by atoms with E-state index in [0.29, 0.717) is 6.61 Å². The van der Waals surface area contributed by atoms with Gasteiger partial charge in [0.1, 0.15) is 11.9 Å². The summed E-state index contributed by atoms with van der Waals surface area (Å²) in [6.07, 6.45) is 5.02. The Morgan fingerprint density at radius 1 is 1.39 bits per heavy atom. The maximum Gasteiger partial charge on any atom is 0.122 e. The Bertz CT molecular complexity index is 634. The summed E-state index contributed by atoms with van der Waals surface area (Å²) in [7, 11) is 0. The largest absolute Gasteiger partial charge is 0.399 e. The Morgan fingerprint density at radius 2 is 2.26 bits per heavy atom. The minimum absolute atomic E-state index is 0.0273. The van der Waals surface area contributed by atoms with Crippen molar-refractivity contribution in [1.82, 2.24) is 19.4 Å². The highest BCUT2D eigenvalue weighted by atomic mass is 16.5. The third-order valence-electron chi connectivity index (χ3n) is 4.11. The Labute approximate surface area is 137 Å². The van der Waals surface area contributed by atoms with E-state index in [1.165, 1.54) is 0 Å². The molecule has 1 aliphatic rings. The molecule has 2 aromatic rings. The highest BCUT2D eigenvalue weighted by Crippen LogP contribution is 2.23. The molecule has 0 saturated carbocycles. The maximum atomic E-state index is 5.94. The van der Waals surface area contributed by atoms with Crippen molar-refractivity contribution in [3.63, 3.8) is 0 Å². The second-order valence-corrected chi connectivity index (χ2v) is 6.10. The fraction of sp³-hybridized carbons (Fsp3) is 0.529. The van der Waals surface area contributed by atoms with Crippen LogP contribution in [-0.2, 0) is 17.8 Å². The van der Waals surface area contributed by atoms with Crippen LogP contribution < -0.4 is 5.73 Å². The molecule has 0 radical (unpaired) electrons. The lowest BCUT2D eigenvalue weighted by molar-refractivity contribution is -0.0360. The fourth-order valence-electron chi connectivity index (χ4n) is 3.05. The summed E-state index contributed by atoms with van der Waals surface area (Å²) in [5.41, 5.74) is 8.53. The Balaban J connectivity index is 1.69. The summed E-state index contributed by atoms with van der Waals surface area (Å²) in [5, 5.41) is 0. The molecule has 2 N–H and O–H groups in total. The third kappa shape index (κ3) is 3.89. The van der Waals surface area contributed by atoms with Gasteiger partial charge in [-0.1, -0.05) is 6.92 Å². The number of morpholine rings is 1. The number of anilines is 1. The van der Waals surface area contributed by atoms with Crippen LogP contribution in [0.25, 0.3) is 0 Å². The van der Waals surface area contributed by atoms with Crippen LogP contribution in [-0.4, -0.2) is 39.1 Å². The minimum Gasteiger partial charge on any atom is -0.399 e. The molecule has 2 aromatic heterocycles. The first-order chi connectivity index (χ1) is 11.2. The third-order valence-corrected chi connectivity index (χ3v) is 4.11. The molecule has 1 atom stereocenters. The lowest BCUT2D eigenvalue weighted by Crippen LogP contribution is -2.38. The molecule has 23 heavy (non-hydrogen) atoms. The Morgan fingerprint density at radius 3 is 3.04 bits per heavy atom. The van der Waals surface area contributed by atoms with Crippen molar-refractivity contribution in [3.05, 3.63) is 41.7 Å². The molecule has 1 fully saturated rings. The van der Waals surface area contributed by atoms with E-state index >= 15 is 0 Å². The van der Waals surface area contributed by atoms with Gasteiger partial charge in [-0.2, -0.15) is 0 Å².